The molecule has 1 saturated heterocycles. The summed E-state index contributed by atoms with van der Waals surface area (Å²) in [5.41, 5.74) is 0.483. The molecule has 1 amide bonds. The second-order valence-corrected chi connectivity index (χ2v) is 3.66. The number of hydrogen-bond acceptors (Lipinski definition) is 4. The minimum Gasteiger partial charge on any atom is -0.351 e. The molecule has 1 aliphatic heterocycles. The van der Waals surface area contributed by atoms with Crippen LogP contribution in [-0.2, 0) is 11.3 Å². The van der Waals surface area contributed by atoms with Crippen molar-refractivity contribution in [3.63, 3.8) is 0 Å². The molecule has 1 atom stereocenters. The molecule has 1 aromatic rings. The van der Waals surface area contributed by atoms with Gasteiger partial charge in [0.25, 0.3) is 0 Å². The molecule has 1 N–H and O–H groups in total. The van der Waals surface area contributed by atoms with E-state index in [4.69, 9.17) is 0 Å². The van der Waals surface area contributed by atoms with Gasteiger partial charge < -0.3 is 5.32 Å². The van der Waals surface area contributed by atoms with Crippen LogP contribution in [0.5, 0.6) is 0 Å². The Morgan fingerprint density at radius 2 is 2.53 bits per heavy atom. The summed E-state index contributed by atoms with van der Waals surface area (Å²) in [6.45, 7) is 1.99. The Bertz CT molecular complexity index is 399. The Kier molecular flexibility index (Phi) is 2.49. The van der Waals surface area contributed by atoms with Crippen molar-refractivity contribution < 1.29 is 9.59 Å². The zero-order chi connectivity index (χ0) is 10.8. The number of ketones is 1. The molecule has 2 rings (SSSR count). The standard InChI is InChI=1S/C9H12N4O2/c1-6(14)8-4-10-12-13(8)5-7-2-3-9(15)11-7/h4,7H,2-3,5H2,1H3,(H,11,15). The van der Waals surface area contributed by atoms with Crippen LogP contribution >= 0.6 is 0 Å². The van der Waals surface area contributed by atoms with E-state index in [1.165, 1.54) is 13.1 Å². The van der Waals surface area contributed by atoms with Gasteiger partial charge in [-0.25, -0.2) is 4.68 Å². The predicted molar refractivity (Wildman–Crippen MR) is 51.2 cm³/mol. The summed E-state index contributed by atoms with van der Waals surface area (Å²) in [4.78, 5) is 22.2. The number of nitrogens with zero attached hydrogens (tertiary/aromatic N) is 3. The van der Waals surface area contributed by atoms with Crippen LogP contribution in [0.15, 0.2) is 6.20 Å². The molecule has 6 nitrogen and oxygen atoms in total. The van der Waals surface area contributed by atoms with Gasteiger partial charge in [0.05, 0.1) is 12.7 Å². The van der Waals surface area contributed by atoms with Gasteiger partial charge in [-0.1, -0.05) is 5.21 Å². The fraction of sp³-hybridized carbons (Fsp3) is 0.556. The summed E-state index contributed by atoms with van der Waals surface area (Å²) in [7, 11) is 0. The highest BCUT2D eigenvalue weighted by Crippen LogP contribution is 2.09. The van der Waals surface area contributed by atoms with E-state index < -0.39 is 0 Å². The summed E-state index contributed by atoms with van der Waals surface area (Å²) < 4.78 is 1.54. The van der Waals surface area contributed by atoms with Crippen LogP contribution in [0.25, 0.3) is 0 Å². The molecule has 0 aliphatic carbocycles. The van der Waals surface area contributed by atoms with Gasteiger partial charge in [-0.3, -0.25) is 9.59 Å². The van der Waals surface area contributed by atoms with Gasteiger partial charge in [0, 0.05) is 19.4 Å². The van der Waals surface area contributed by atoms with Crippen molar-refractivity contribution in [1.29, 1.82) is 0 Å². The van der Waals surface area contributed by atoms with Gasteiger partial charge in [0.1, 0.15) is 5.69 Å². The molecule has 0 aromatic carbocycles. The number of carbonyl (C=O) groups is 2. The lowest BCUT2D eigenvalue weighted by Crippen LogP contribution is -2.30. The van der Waals surface area contributed by atoms with E-state index in [9.17, 15) is 9.59 Å². The van der Waals surface area contributed by atoms with Crippen molar-refractivity contribution in [2.75, 3.05) is 0 Å². The number of rotatable bonds is 3. The Labute approximate surface area is 86.6 Å². The summed E-state index contributed by atoms with van der Waals surface area (Å²) >= 11 is 0. The van der Waals surface area contributed by atoms with Crippen LogP contribution in [-0.4, -0.2) is 32.7 Å². The second-order valence-electron chi connectivity index (χ2n) is 3.66. The van der Waals surface area contributed by atoms with E-state index >= 15 is 0 Å². The fourth-order valence-corrected chi connectivity index (χ4v) is 1.69. The molecule has 1 aliphatic rings. The highest BCUT2D eigenvalue weighted by Gasteiger charge is 2.22. The molecule has 0 bridgehead atoms. The molecule has 80 valence electrons. The normalized spacial score (nSPS) is 20.3. The Balaban J connectivity index is 2.07. The third-order valence-electron chi connectivity index (χ3n) is 2.46. The maximum Gasteiger partial charge on any atom is 0.220 e. The number of amides is 1. The van der Waals surface area contributed by atoms with Gasteiger partial charge in [0.15, 0.2) is 5.78 Å². The van der Waals surface area contributed by atoms with Crippen LogP contribution in [0.1, 0.15) is 30.3 Å². The molecule has 0 saturated carbocycles. The largest absolute Gasteiger partial charge is 0.351 e. The SMILES string of the molecule is CC(=O)c1cnnn1CC1CCC(=O)N1. The minimum absolute atomic E-state index is 0.0597. The maximum atomic E-state index is 11.2. The van der Waals surface area contributed by atoms with Gasteiger partial charge in [-0.15, -0.1) is 5.10 Å². The van der Waals surface area contributed by atoms with Crippen LogP contribution in [0.3, 0.4) is 0 Å². The topological polar surface area (TPSA) is 76.9 Å². The monoisotopic (exact) mass is 208 g/mol. The van der Waals surface area contributed by atoms with Crippen molar-refractivity contribution in [2.45, 2.75) is 32.4 Å². The smallest absolute Gasteiger partial charge is 0.220 e. The van der Waals surface area contributed by atoms with Gasteiger partial charge in [0.2, 0.25) is 5.91 Å². The lowest BCUT2D eigenvalue weighted by Gasteiger charge is -2.10. The highest BCUT2D eigenvalue weighted by atomic mass is 16.2. The zero-order valence-electron chi connectivity index (χ0n) is 8.43. The lowest BCUT2D eigenvalue weighted by molar-refractivity contribution is -0.119. The first kappa shape index (κ1) is 9.82. The average Bonchev–Trinajstić information content (AvgIpc) is 2.75. The Morgan fingerprint density at radius 1 is 1.73 bits per heavy atom. The van der Waals surface area contributed by atoms with Crippen LogP contribution in [0.4, 0.5) is 0 Å². The van der Waals surface area contributed by atoms with Crippen molar-refractivity contribution in [2.24, 2.45) is 0 Å². The number of nitrogens with one attached hydrogen (secondary N) is 1. The molecule has 1 aromatic heterocycles. The molecule has 2 heterocycles. The van der Waals surface area contributed by atoms with E-state index in [2.05, 4.69) is 15.6 Å². The summed E-state index contributed by atoms with van der Waals surface area (Å²) in [5, 5.41) is 10.3. The molecule has 0 spiro atoms. The number of carbonyl (C=O) groups excluding carboxylic acids is 2. The first-order valence-electron chi connectivity index (χ1n) is 4.85. The summed E-state index contributed by atoms with van der Waals surface area (Å²) in [6, 6.07) is 0.0669. The second kappa shape index (κ2) is 3.80. The third-order valence-corrected chi connectivity index (χ3v) is 2.46. The van der Waals surface area contributed by atoms with E-state index in [1.54, 1.807) is 4.68 Å². The highest BCUT2D eigenvalue weighted by molar-refractivity contribution is 5.91. The quantitative estimate of drug-likeness (QED) is 0.695. The van der Waals surface area contributed by atoms with Gasteiger partial charge in [-0.2, -0.15) is 0 Å². The zero-order valence-corrected chi connectivity index (χ0v) is 8.43. The Hall–Kier alpha value is -1.72. The first-order chi connectivity index (χ1) is 7.16. The lowest BCUT2D eigenvalue weighted by atomic mass is 10.2. The number of hydrogen-bond donors (Lipinski definition) is 1. The molecule has 6 heteroatoms. The summed E-state index contributed by atoms with van der Waals surface area (Å²) in [6.07, 6.45) is 2.78. The van der Waals surface area contributed by atoms with E-state index in [0.717, 1.165) is 6.42 Å². The Morgan fingerprint density at radius 3 is 3.13 bits per heavy atom. The molecular formula is C9H12N4O2. The van der Waals surface area contributed by atoms with Crippen LogP contribution < -0.4 is 5.32 Å². The molecule has 1 unspecified atom stereocenters. The van der Waals surface area contributed by atoms with Gasteiger partial charge >= 0.3 is 0 Å². The summed E-state index contributed by atoms with van der Waals surface area (Å²) in [5.74, 6) is -0.00573. The average molecular weight is 208 g/mol. The molecule has 0 radical (unpaired) electrons. The number of aromatic nitrogens is 3. The van der Waals surface area contributed by atoms with Crippen LogP contribution in [0.2, 0.25) is 0 Å². The first-order valence-corrected chi connectivity index (χ1v) is 4.85. The molecule has 15 heavy (non-hydrogen) atoms. The fourth-order valence-electron chi connectivity index (χ4n) is 1.69. The van der Waals surface area contributed by atoms with E-state index in [0.29, 0.717) is 18.7 Å². The van der Waals surface area contributed by atoms with E-state index in [-0.39, 0.29) is 17.7 Å². The molecule has 1 fully saturated rings. The van der Waals surface area contributed by atoms with Gasteiger partial charge in [-0.05, 0) is 6.42 Å². The number of Topliss-reactive ketones (excluding diaryl/α,β-unsaturated/α-hetero) is 1. The van der Waals surface area contributed by atoms with Crippen molar-refractivity contribution in [3.8, 4) is 0 Å². The van der Waals surface area contributed by atoms with Crippen LogP contribution in [0, 0.1) is 0 Å². The van der Waals surface area contributed by atoms with Crippen molar-refractivity contribution >= 4 is 11.7 Å². The minimum atomic E-state index is -0.0654. The molecular weight excluding hydrogens is 196 g/mol. The maximum absolute atomic E-state index is 11.2. The third kappa shape index (κ3) is 2.03. The van der Waals surface area contributed by atoms with Crippen molar-refractivity contribution in [1.82, 2.24) is 20.3 Å². The van der Waals surface area contributed by atoms with E-state index in [1.807, 2.05) is 0 Å². The predicted octanol–water partition coefficient (Wildman–Crippen LogP) is -0.241. The van der Waals surface area contributed by atoms with Crippen molar-refractivity contribution in [3.05, 3.63) is 11.9 Å².